The lowest BCUT2D eigenvalue weighted by molar-refractivity contribution is -0.135. The molecule has 72 valence electrons. The first-order valence-electron chi connectivity index (χ1n) is 4.61. The summed E-state index contributed by atoms with van der Waals surface area (Å²) in [6.07, 6.45) is 2.10. The van der Waals surface area contributed by atoms with Crippen molar-refractivity contribution in [2.45, 2.75) is 25.3 Å². The van der Waals surface area contributed by atoms with Crippen molar-refractivity contribution in [3.05, 3.63) is 0 Å². The van der Waals surface area contributed by atoms with Gasteiger partial charge in [0.2, 0.25) is 5.91 Å². The van der Waals surface area contributed by atoms with Crippen LogP contribution in [0.4, 0.5) is 0 Å². The molecular weight excluding hydrogens is 170 g/mol. The van der Waals surface area contributed by atoms with E-state index in [1.54, 1.807) is 5.01 Å². The van der Waals surface area contributed by atoms with E-state index >= 15 is 0 Å². The molecule has 0 unspecified atom stereocenters. The summed E-state index contributed by atoms with van der Waals surface area (Å²) < 4.78 is 0. The van der Waals surface area contributed by atoms with Crippen LogP contribution < -0.4 is 10.7 Å². The van der Waals surface area contributed by atoms with E-state index < -0.39 is 0 Å². The molecule has 0 bridgehead atoms. The van der Waals surface area contributed by atoms with Crippen LogP contribution in [0.1, 0.15) is 19.3 Å². The van der Waals surface area contributed by atoms with E-state index in [2.05, 4.69) is 10.7 Å². The zero-order chi connectivity index (χ0) is 9.26. The number of hydrogen-bond donors (Lipinski definition) is 2. The second kappa shape index (κ2) is 3.33. The molecule has 0 aromatic rings. The van der Waals surface area contributed by atoms with Crippen LogP contribution in [0.15, 0.2) is 0 Å². The monoisotopic (exact) mass is 183 g/mol. The van der Waals surface area contributed by atoms with Crippen LogP contribution in [-0.4, -0.2) is 36.0 Å². The molecular formula is C8H13N3O2. The summed E-state index contributed by atoms with van der Waals surface area (Å²) in [6, 6.07) is -0.293. The van der Waals surface area contributed by atoms with Crippen LogP contribution in [0.3, 0.4) is 0 Å². The maximum atomic E-state index is 11.6. The van der Waals surface area contributed by atoms with Crippen LogP contribution in [0, 0.1) is 0 Å². The molecule has 2 fully saturated rings. The van der Waals surface area contributed by atoms with Gasteiger partial charge < -0.3 is 5.32 Å². The van der Waals surface area contributed by atoms with Gasteiger partial charge in [0.15, 0.2) is 0 Å². The largest absolute Gasteiger partial charge is 0.344 e. The van der Waals surface area contributed by atoms with E-state index in [9.17, 15) is 9.59 Å². The van der Waals surface area contributed by atoms with Crippen molar-refractivity contribution in [1.29, 1.82) is 0 Å². The Morgan fingerprint density at radius 2 is 2.38 bits per heavy atom. The second-order valence-corrected chi connectivity index (χ2v) is 3.41. The van der Waals surface area contributed by atoms with Crippen LogP contribution in [0.5, 0.6) is 0 Å². The lowest BCUT2D eigenvalue weighted by Gasteiger charge is -2.19. The van der Waals surface area contributed by atoms with Crippen LogP contribution in [-0.2, 0) is 9.59 Å². The second-order valence-electron chi connectivity index (χ2n) is 3.41. The van der Waals surface area contributed by atoms with E-state index in [4.69, 9.17) is 0 Å². The molecule has 2 heterocycles. The smallest absolute Gasteiger partial charge is 0.259 e. The molecule has 2 aliphatic rings. The molecule has 0 aliphatic carbocycles. The first-order chi connectivity index (χ1) is 6.27. The van der Waals surface area contributed by atoms with E-state index in [0.29, 0.717) is 12.8 Å². The van der Waals surface area contributed by atoms with Crippen molar-refractivity contribution >= 4 is 11.8 Å². The van der Waals surface area contributed by atoms with Gasteiger partial charge in [-0.2, -0.15) is 0 Å². The number of hydrazine groups is 1. The van der Waals surface area contributed by atoms with Gasteiger partial charge in [0.1, 0.15) is 6.04 Å². The predicted molar refractivity (Wildman–Crippen MR) is 45.5 cm³/mol. The highest BCUT2D eigenvalue weighted by Gasteiger charge is 2.31. The topological polar surface area (TPSA) is 61.4 Å². The third kappa shape index (κ3) is 1.65. The third-order valence-corrected chi connectivity index (χ3v) is 2.42. The summed E-state index contributed by atoms with van der Waals surface area (Å²) in [5.74, 6) is -0.0131. The SMILES string of the molecule is O=C1CC[C@@H](C(=O)N2CCCN2)N1. The summed E-state index contributed by atoms with van der Waals surface area (Å²) in [5.41, 5.74) is 2.98. The van der Waals surface area contributed by atoms with Gasteiger partial charge in [-0.25, -0.2) is 5.43 Å². The van der Waals surface area contributed by atoms with E-state index in [-0.39, 0.29) is 17.9 Å². The number of carbonyl (C=O) groups excluding carboxylic acids is 2. The molecule has 2 N–H and O–H groups in total. The number of nitrogens with zero attached hydrogens (tertiary/aromatic N) is 1. The molecule has 0 aromatic carbocycles. The lowest BCUT2D eigenvalue weighted by Crippen LogP contribution is -2.47. The van der Waals surface area contributed by atoms with E-state index in [1.165, 1.54) is 0 Å². The summed E-state index contributed by atoms with van der Waals surface area (Å²) in [7, 11) is 0. The van der Waals surface area contributed by atoms with Gasteiger partial charge in [-0.3, -0.25) is 14.6 Å². The van der Waals surface area contributed by atoms with Crippen molar-refractivity contribution in [2.24, 2.45) is 0 Å². The van der Waals surface area contributed by atoms with Gasteiger partial charge in [0, 0.05) is 19.5 Å². The summed E-state index contributed by atoms with van der Waals surface area (Å²) >= 11 is 0. The average molecular weight is 183 g/mol. The molecule has 5 nitrogen and oxygen atoms in total. The quantitative estimate of drug-likeness (QED) is 0.548. The molecule has 0 radical (unpaired) electrons. The normalized spacial score (nSPS) is 27.8. The van der Waals surface area contributed by atoms with Gasteiger partial charge in [0.25, 0.3) is 5.91 Å². The Morgan fingerprint density at radius 3 is 2.92 bits per heavy atom. The highest BCUT2D eigenvalue weighted by molar-refractivity contribution is 5.90. The maximum Gasteiger partial charge on any atom is 0.259 e. The zero-order valence-electron chi connectivity index (χ0n) is 7.38. The molecule has 5 heteroatoms. The molecule has 2 aliphatic heterocycles. The fourth-order valence-corrected chi connectivity index (χ4v) is 1.71. The van der Waals surface area contributed by atoms with Gasteiger partial charge in [-0.1, -0.05) is 0 Å². The summed E-state index contributed by atoms with van der Waals surface area (Å²) in [6.45, 7) is 1.61. The molecule has 2 rings (SSSR count). The number of rotatable bonds is 1. The zero-order valence-corrected chi connectivity index (χ0v) is 7.38. The Hall–Kier alpha value is -1.10. The minimum absolute atomic E-state index is 0.00310. The number of nitrogens with one attached hydrogen (secondary N) is 2. The standard InChI is InChI=1S/C8H13N3O2/c12-7-3-2-6(10-7)8(13)11-5-1-4-9-11/h6,9H,1-5H2,(H,10,12)/t6-/m0/s1. The molecule has 0 saturated carbocycles. The fraction of sp³-hybridized carbons (Fsp3) is 0.750. The van der Waals surface area contributed by atoms with Gasteiger partial charge in [0.05, 0.1) is 0 Å². The van der Waals surface area contributed by atoms with Gasteiger partial charge >= 0.3 is 0 Å². The van der Waals surface area contributed by atoms with E-state index in [0.717, 1.165) is 19.5 Å². The fourth-order valence-electron chi connectivity index (χ4n) is 1.71. The Bertz CT molecular complexity index is 236. The lowest BCUT2D eigenvalue weighted by atomic mass is 10.2. The Balaban J connectivity index is 1.92. The van der Waals surface area contributed by atoms with Gasteiger partial charge in [-0.05, 0) is 12.8 Å². The maximum absolute atomic E-state index is 11.6. The minimum atomic E-state index is -0.293. The first-order valence-corrected chi connectivity index (χ1v) is 4.61. The number of hydrogen-bond acceptors (Lipinski definition) is 3. The minimum Gasteiger partial charge on any atom is -0.344 e. The number of amides is 2. The predicted octanol–water partition coefficient (Wildman–Crippen LogP) is -0.998. The third-order valence-electron chi connectivity index (χ3n) is 2.42. The first kappa shape index (κ1) is 8.50. The molecule has 2 amide bonds. The molecule has 0 spiro atoms. The molecule has 2 saturated heterocycles. The van der Waals surface area contributed by atoms with Crippen molar-refractivity contribution in [1.82, 2.24) is 15.8 Å². The Kier molecular flexibility index (Phi) is 2.18. The highest BCUT2D eigenvalue weighted by Crippen LogP contribution is 2.10. The van der Waals surface area contributed by atoms with Gasteiger partial charge in [-0.15, -0.1) is 0 Å². The van der Waals surface area contributed by atoms with Crippen molar-refractivity contribution in [3.8, 4) is 0 Å². The highest BCUT2D eigenvalue weighted by atomic mass is 16.2. The summed E-state index contributed by atoms with van der Waals surface area (Å²) in [5, 5.41) is 4.27. The van der Waals surface area contributed by atoms with Crippen LogP contribution in [0.25, 0.3) is 0 Å². The van der Waals surface area contributed by atoms with Crippen LogP contribution in [0.2, 0.25) is 0 Å². The average Bonchev–Trinajstić information content (AvgIpc) is 2.72. The summed E-state index contributed by atoms with van der Waals surface area (Å²) in [4.78, 5) is 22.5. The molecule has 13 heavy (non-hydrogen) atoms. The molecule has 0 aromatic heterocycles. The molecule has 1 atom stereocenters. The Morgan fingerprint density at radius 1 is 1.54 bits per heavy atom. The Labute approximate surface area is 76.4 Å². The number of carbonyl (C=O) groups is 2. The van der Waals surface area contributed by atoms with Crippen molar-refractivity contribution in [3.63, 3.8) is 0 Å². The van der Waals surface area contributed by atoms with E-state index in [1.807, 2.05) is 0 Å². The van der Waals surface area contributed by atoms with Crippen molar-refractivity contribution in [2.75, 3.05) is 13.1 Å². The van der Waals surface area contributed by atoms with Crippen LogP contribution >= 0.6 is 0 Å². The van der Waals surface area contributed by atoms with Crippen molar-refractivity contribution < 1.29 is 9.59 Å².